The molecule has 0 saturated heterocycles. The lowest BCUT2D eigenvalue weighted by atomic mass is 9.80. The van der Waals surface area contributed by atoms with Gasteiger partial charge in [0.1, 0.15) is 0 Å². The Morgan fingerprint density at radius 2 is 2.00 bits per heavy atom. The van der Waals surface area contributed by atoms with E-state index in [2.05, 4.69) is 20.9 Å². The maximum absolute atomic E-state index is 10.5. The first-order valence-corrected chi connectivity index (χ1v) is 5.84. The van der Waals surface area contributed by atoms with Gasteiger partial charge < -0.3 is 5.11 Å². The summed E-state index contributed by atoms with van der Waals surface area (Å²) in [7, 11) is 0. The number of hydrogen-bond donors (Lipinski definition) is 1. The summed E-state index contributed by atoms with van der Waals surface area (Å²) in [6.07, 6.45) is 8.71. The molecule has 0 bridgehead atoms. The van der Waals surface area contributed by atoms with Crippen LogP contribution < -0.4 is 0 Å². The molecule has 1 fully saturated rings. The van der Waals surface area contributed by atoms with Crippen LogP contribution in [-0.4, -0.2) is 10.1 Å². The zero-order valence-corrected chi connectivity index (χ0v) is 9.63. The average molecular weight is 256 g/mol. The Balaban J connectivity index is 2.32. The van der Waals surface area contributed by atoms with Crippen LogP contribution >= 0.6 is 15.9 Å². The number of nitrogens with zero attached hydrogens (tertiary/aromatic N) is 1. The molecule has 1 aromatic heterocycles. The average Bonchev–Trinajstić information content (AvgIpc) is 2.19. The maximum Gasteiger partial charge on any atom is 0.0908 e. The van der Waals surface area contributed by atoms with Gasteiger partial charge in [-0.05, 0) is 34.8 Å². The Bertz CT molecular complexity index is 321. The standard InChI is InChI=1S/C11H14BrNO/c12-10-8-13-7-4-9(10)11(14)5-2-1-3-6-11/h4,7-8,14H,1-3,5-6H2. The summed E-state index contributed by atoms with van der Waals surface area (Å²) in [4.78, 5) is 4.01. The predicted molar refractivity (Wildman–Crippen MR) is 58.9 cm³/mol. The molecule has 1 heterocycles. The van der Waals surface area contributed by atoms with Crippen LogP contribution in [0.1, 0.15) is 37.7 Å². The summed E-state index contributed by atoms with van der Waals surface area (Å²) in [6.45, 7) is 0. The van der Waals surface area contributed by atoms with Crippen molar-refractivity contribution in [2.45, 2.75) is 37.7 Å². The van der Waals surface area contributed by atoms with E-state index in [-0.39, 0.29) is 0 Å². The molecule has 0 aliphatic heterocycles. The first kappa shape index (κ1) is 10.1. The van der Waals surface area contributed by atoms with Gasteiger partial charge in [-0.1, -0.05) is 19.3 Å². The van der Waals surface area contributed by atoms with Crippen LogP contribution in [0.3, 0.4) is 0 Å². The second-order valence-electron chi connectivity index (χ2n) is 3.95. The molecule has 1 aliphatic carbocycles. The van der Waals surface area contributed by atoms with Gasteiger partial charge >= 0.3 is 0 Å². The summed E-state index contributed by atoms with van der Waals surface area (Å²) in [5.74, 6) is 0. The maximum atomic E-state index is 10.5. The monoisotopic (exact) mass is 255 g/mol. The van der Waals surface area contributed by atoms with Gasteiger partial charge in [0.25, 0.3) is 0 Å². The van der Waals surface area contributed by atoms with Gasteiger partial charge in [0.15, 0.2) is 0 Å². The molecule has 3 heteroatoms. The summed E-state index contributed by atoms with van der Waals surface area (Å²) < 4.78 is 0.921. The molecular formula is C11H14BrNO. The second kappa shape index (κ2) is 3.99. The van der Waals surface area contributed by atoms with Crippen LogP contribution in [-0.2, 0) is 5.60 Å². The van der Waals surface area contributed by atoms with E-state index in [1.165, 1.54) is 6.42 Å². The van der Waals surface area contributed by atoms with Crippen molar-refractivity contribution >= 4 is 15.9 Å². The van der Waals surface area contributed by atoms with Gasteiger partial charge in [-0.25, -0.2) is 0 Å². The van der Waals surface area contributed by atoms with Gasteiger partial charge in [0.2, 0.25) is 0 Å². The Morgan fingerprint density at radius 3 is 2.64 bits per heavy atom. The van der Waals surface area contributed by atoms with Crippen molar-refractivity contribution in [3.05, 3.63) is 28.5 Å². The molecule has 2 nitrogen and oxygen atoms in total. The molecule has 1 aliphatic rings. The minimum atomic E-state index is -0.625. The number of rotatable bonds is 1. The van der Waals surface area contributed by atoms with Crippen molar-refractivity contribution < 1.29 is 5.11 Å². The van der Waals surface area contributed by atoms with Crippen LogP contribution in [0.15, 0.2) is 22.9 Å². The van der Waals surface area contributed by atoms with Gasteiger partial charge in [0.05, 0.1) is 5.60 Å². The third-order valence-corrected chi connectivity index (χ3v) is 3.59. The zero-order chi connectivity index (χ0) is 10.0. The van der Waals surface area contributed by atoms with Crippen LogP contribution in [0.2, 0.25) is 0 Å². The highest BCUT2D eigenvalue weighted by molar-refractivity contribution is 9.10. The van der Waals surface area contributed by atoms with E-state index in [1.54, 1.807) is 12.4 Å². The highest BCUT2D eigenvalue weighted by Gasteiger charge is 2.32. The van der Waals surface area contributed by atoms with Crippen molar-refractivity contribution in [1.29, 1.82) is 0 Å². The molecule has 0 unspecified atom stereocenters. The summed E-state index contributed by atoms with van der Waals surface area (Å²) in [5, 5.41) is 10.5. The number of aromatic nitrogens is 1. The van der Waals surface area contributed by atoms with Gasteiger partial charge in [-0.3, -0.25) is 4.98 Å². The van der Waals surface area contributed by atoms with E-state index >= 15 is 0 Å². The van der Waals surface area contributed by atoms with Crippen molar-refractivity contribution in [2.75, 3.05) is 0 Å². The molecule has 1 saturated carbocycles. The van der Waals surface area contributed by atoms with E-state index in [0.717, 1.165) is 35.7 Å². The molecule has 0 amide bonds. The Labute approximate surface area is 92.5 Å². The van der Waals surface area contributed by atoms with Crippen molar-refractivity contribution in [3.8, 4) is 0 Å². The largest absolute Gasteiger partial charge is 0.385 e. The minimum absolute atomic E-state index is 0.625. The second-order valence-corrected chi connectivity index (χ2v) is 4.80. The first-order valence-electron chi connectivity index (χ1n) is 5.05. The molecule has 76 valence electrons. The molecule has 1 aromatic rings. The molecule has 0 aromatic carbocycles. The minimum Gasteiger partial charge on any atom is -0.385 e. The van der Waals surface area contributed by atoms with Crippen LogP contribution in [0.25, 0.3) is 0 Å². The number of aliphatic hydroxyl groups is 1. The van der Waals surface area contributed by atoms with Gasteiger partial charge in [0, 0.05) is 22.4 Å². The lowest BCUT2D eigenvalue weighted by Crippen LogP contribution is -2.28. The van der Waals surface area contributed by atoms with E-state index in [9.17, 15) is 5.11 Å². The SMILES string of the molecule is OC1(c2ccncc2Br)CCCCC1. The molecule has 1 N–H and O–H groups in total. The molecule has 2 rings (SSSR count). The van der Waals surface area contributed by atoms with Crippen LogP contribution in [0.5, 0.6) is 0 Å². The van der Waals surface area contributed by atoms with E-state index in [0.29, 0.717) is 0 Å². The first-order chi connectivity index (χ1) is 6.72. The highest BCUT2D eigenvalue weighted by atomic mass is 79.9. The fourth-order valence-corrected chi connectivity index (χ4v) is 2.78. The molecule has 14 heavy (non-hydrogen) atoms. The number of pyridine rings is 1. The van der Waals surface area contributed by atoms with E-state index in [4.69, 9.17) is 0 Å². The van der Waals surface area contributed by atoms with E-state index in [1.807, 2.05) is 6.07 Å². The third-order valence-electron chi connectivity index (χ3n) is 2.95. The Morgan fingerprint density at radius 1 is 1.29 bits per heavy atom. The van der Waals surface area contributed by atoms with Gasteiger partial charge in [-0.2, -0.15) is 0 Å². The van der Waals surface area contributed by atoms with Crippen molar-refractivity contribution in [3.63, 3.8) is 0 Å². The Hall–Kier alpha value is -0.410. The smallest absolute Gasteiger partial charge is 0.0908 e. The number of hydrogen-bond acceptors (Lipinski definition) is 2. The molecule has 0 spiro atoms. The molecular weight excluding hydrogens is 242 g/mol. The van der Waals surface area contributed by atoms with Crippen LogP contribution in [0.4, 0.5) is 0 Å². The molecule has 0 atom stereocenters. The number of halogens is 1. The highest BCUT2D eigenvalue weighted by Crippen LogP contribution is 2.39. The third kappa shape index (κ3) is 1.84. The Kier molecular flexibility index (Phi) is 2.88. The fourth-order valence-electron chi connectivity index (χ4n) is 2.16. The fraction of sp³-hybridized carbons (Fsp3) is 0.545. The van der Waals surface area contributed by atoms with Gasteiger partial charge in [-0.15, -0.1) is 0 Å². The van der Waals surface area contributed by atoms with Crippen LogP contribution in [0, 0.1) is 0 Å². The summed E-state index contributed by atoms with van der Waals surface area (Å²) in [5.41, 5.74) is 0.368. The lowest BCUT2D eigenvalue weighted by Gasteiger charge is -2.33. The zero-order valence-electron chi connectivity index (χ0n) is 8.04. The summed E-state index contributed by atoms with van der Waals surface area (Å²) in [6, 6.07) is 1.91. The lowest BCUT2D eigenvalue weighted by molar-refractivity contribution is -0.00136. The normalized spacial score (nSPS) is 20.7. The summed E-state index contributed by atoms with van der Waals surface area (Å²) >= 11 is 3.44. The van der Waals surface area contributed by atoms with Crippen molar-refractivity contribution in [2.24, 2.45) is 0 Å². The predicted octanol–water partition coefficient (Wildman–Crippen LogP) is 3.00. The van der Waals surface area contributed by atoms with Crippen molar-refractivity contribution in [1.82, 2.24) is 4.98 Å². The topological polar surface area (TPSA) is 33.1 Å². The molecule has 0 radical (unpaired) electrons. The quantitative estimate of drug-likeness (QED) is 0.837. The van der Waals surface area contributed by atoms with E-state index < -0.39 is 5.60 Å².